The minimum absolute atomic E-state index is 0.0317. The Hall–Kier alpha value is -4.85. The zero-order valence-corrected chi connectivity index (χ0v) is 26.0. The number of aromatic nitrogens is 1. The summed E-state index contributed by atoms with van der Waals surface area (Å²) in [5.41, 5.74) is 9.28. The van der Waals surface area contributed by atoms with Gasteiger partial charge in [0.05, 0.1) is 11.8 Å². The molecule has 0 radical (unpaired) electrons. The summed E-state index contributed by atoms with van der Waals surface area (Å²) in [6.07, 6.45) is 9.05. The largest absolute Gasteiger partial charge is 0.456 e. The number of benzene rings is 3. The molecule has 4 rings (SSSR count). The Balaban J connectivity index is 1.62. The molecule has 3 N–H and O–H groups in total. The van der Waals surface area contributed by atoms with E-state index in [1.807, 2.05) is 38.1 Å². The van der Waals surface area contributed by atoms with Gasteiger partial charge in [0.1, 0.15) is 24.0 Å². The van der Waals surface area contributed by atoms with Crippen LogP contribution in [0.2, 0.25) is 0 Å². The van der Waals surface area contributed by atoms with Gasteiger partial charge in [0.2, 0.25) is 5.89 Å². The Kier molecular flexibility index (Phi) is 12.2. The molecule has 0 saturated heterocycles. The number of carbonyl (C=O) groups excluding carboxylic acids is 2. The van der Waals surface area contributed by atoms with Crippen LogP contribution in [0.3, 0.4) is 0 Å². The van der Waals surface area contributed by atoms with Crippen molar-refractivity contribution in [2.75, 3.05) is 19.6 Å². The molecule has 0 bridgehead atoms. The van der Waals surface area contributed by atoms with Gasteiger partial charge in [0, 0.05) is 55.0 Å². The molecule has 0 aliphatic carbocycles. The van der Waals surface area contributed by atoms with Gasteiger partial charge in [-0.25, -0.2) is 18.6 Å². The number of oxazole rings is 1. The predicted octanol–water partition coefficient (Wildman–Crippen LogP) is 5.75. The van der Waals surface area contributed by atoms with Crippen molar-refractivity contribution in [3.63, 3.8) is 0 Å². The Bertz CT molecular complexity index is 1640. The molecule has 8 nitrogen and oxygen atoms in total. The fourth-order valence-corrected chi connectivity index (χ4v) is 5.14. The Morgan fingerprint density at radius 2 is 1.74 bits per heavy atom. The van der Waals surface area contributed by atoms with Gasteiger partial charge in [-0.05, 0) is 72.9 Å². The molecule has 2 atom stereocenters. The van der Waals surface area contributed by atoms with Gasteiger partial charge < -0.3 is 25.1 Å². The third-order valence-electron chi connectivity index (χ3n) is 7.27. The molecule has 240 valence electrons. The van der Waals surface area contributed by atoms with Crippen molar-refractivity contribution < 1.29 is 27.5 Å². The second kappa shape index (κ2) is 16.5. The molecule has 4 aromatic rings. The maximum atomic E-state index is 13.9. The Morgan fingerprint density at radius 1 is 1.02 bits per heavy atom. The number of hydrogen-bond donors (Lipinski definition) is 2. The van der Waals surface area contributed by atoms with E-state index in [2.05, 4.69) is 16.2 Å². The highest BCUT2D eigenvalue weighted by Crippen LogP contribution is 2.24. The Morgan fingerprint density at radius 3 is 2.39 bits per heavy atom. The van der Waals surface area contributed by atoms with Crippen molar-refractivity contribution in [2.24, 2.45) is 5.73 Å². The molecule has 46 heavy (non-hydrogen) atoms. The van der Waals surface area contributed by atoms with Crippen molar-refractivity contribution in [1.29, 1.82) is 0 Å². The van der Waals surface area contributed by atoms with Gasteiger partial charge >= 0.3 is 5.97 Å². The topological polar surface area (TPSA) is 111 Å². The zero-order valence-electron chi connectivity index (χ0n) is 26.0. The van der Waals surface area contributed by atoms with Crippen LogP contribution >= 0.6 is 0 Å². The maximum absolute atomic E-state index is 13.9. The summed E-state index contributed by atoms with van der Waals surface area (Å²) in [5.74, 6) is 0.398. The molecule has 0 fully saturated rings. The van der Waals surface area contributed by atoms with Crippen LogP contribution in [-0.4, -0.2) is 53.5 Å². The van der Waals surface area contributed by atoms with Crippen molar-refractivity contribution in [1.82, 2.24) is 15.2 Å². The number of nitrogens with two attached hydrogens (primary N) is 1. The first-order valence-electron chi connectivity index (χ1n) is 15.2. The molecule has 0 aliphatic heterocycles. The molecule has 1 aromatic heterocycles. The second-order valence-electron chi connectivity index (χ2n) is 11.0. The fourth-order valence-electron chi connectivity index (χ4n) is 5.14. The van der Waals surface area contributed by atoms with Gasteiger partial charge in [-0.3, -0.25) is 4.79 Å². The summed E-state index contributed by atoms with van der Waals surface area (Å²) in [7, 11) is 0. The molecular formula is C36H38F2N4O4. The Labute approximate surface area is 268 Å². The summed E-state index contributed by atoms with van der Waals surface area (Å²) in [4.78, 5) is 33.2. The zero-order chi connectivity index (χ0) is 33.1. The standard InChI is InChI=1S/C36H38F2N4O4/c1-4-11-42(12-5-2)35(43)28-18-27(34-41-10-13-45-34)19-29(20-28)36(44)46-33(23-40-22-25-9-7-8-24(6-3)14-25)32(39)17-26-15-30(37)21-31(38)16-26/h3,7-10,13-16,18-21,32-33,40H,4-5,11-12,17,22-23,39H2,1-2H3/t32-,33+/m0/s1. The van der Waals surface area contributed by atoms with E-state index in [0.717, 1.165) is 30.0 Å². The summed E-state index contributed by atoms with van der Waals surface area (Å²) in [5, 5.41) is 3.25. The van der Waals surface area contributed by atoms with Crippen LogP contribution in [-0.2, 0) is 17.7 Å². The van der Waals surface area contributed by atoms with Gasteiger partial charge in [-0.15, -0.1) is 6.42 Å². The van der Waals surface area contributed by atoms with Crippen molar-refractivity contribution in [3.05, 3.63) is 113 Å². The van der Waals surface area contributed by atoms with E-state index in [4.69, 9.17) is 21.3 Å². The minimum atomic E-state index is -0.920. The highest BCUT2D eigenvalue weighted by atomic mass is 19.1. The van der Waals surface area contributed by atoms with E-state index >= 15 is 0 Å². The van der Waals surface area contributed by atoms with Crippen LogP contribution < -0.4 is 11.1 Å². The number of amides is 1. The van der Waals surface area contributed by atoms with Gasteiger partial charge in [-0.2, -0.15) is 0 Å². The number of hydrogen-bond acceptors (Lipinski definition) is 7. The summed E-state index contributed by atoms with van der Waals surface area (Å²) in [6.45, 7) is 5.62. The van der Waals surface area contributed by atoms with E-state index in [1.165, 1.54) is 36.7 Å². The second-order valence-corrected chi connectivity index (χ2v) is 11.0. The number of nitrogens with zero attached hydrogens (tertiary/aromatic N) is 2. The van der Waals surface area contributed by atoms with E-state index < -0.39 is 29.7 Å². The monoisotopic (exact) mass is 628 g/mol. The maximum Gasteiger partial charge on any atom is 0.338 e. The van der Waals surface area contributed by atoms with E-state index in [-0.39, 0.29) is 35.9 Å². The third kappa shape index (κ3) is 9.33. The van der Waals surface area contributed by atoms with Crippen molar-refractivity contribution in [3.8, 4) is 23.8 Å². The van der Waals surface area contributed by atoms with E-state index in [9.17, 15) is 18.4 Å². The lowest BCUT2D eigenvalue weighted by molar-refractivity contribution is 0.0238. The van der Waals surface area contributed by atoms with Crippen molar-refractivity contribution >= 4 is 11.9 Å². The molecule has 10 heteroatoms. The molecule has 0 unspecified atom stereocenters. The lowest BCUT2D eigenvalue weighted by Crippen LogP contribution is -2.46. The lowest BCUT2D eigenvalue weighted by atomic mass is 10.0. The predicted molar refractivity (Wildman–Crippen MR) is 172 cm³/mol. The first-order valence-corrected chi connectivity index (χ1v) is 15.2. The highest BCUT2D eigenvalue weighted by Gasteiger charge is 2.26. The number of terminal acetylenes is 1. The highest BCUT2D eigenvalue weighted by molar-refractivity contribution is 5.99. The van der Waals surface area contributed by atoms with Crippen LogP contribution in [0.25, 0.3) is 11.5 Å². The average molecular weight is 629 g/mol. The number of carbonyl (C=O) groups is 2. The van der Waals surface area contributed by atoms with Crippen molar-refractivity contribution in [2.45, 2.75) is 51.8 Å². The quantitative estimate of drug-likeness (QED) is 0.127. The number of nitrogens with one attached hydrogen (secondary N) is 1. The minimum Gasteiger partial charge on any atom is -0.456 e. The number of esters is 1. The molecule has 0 saturated carbocycles. The summed E-state index contributed by atoms with van der Waals surface area (Å²) in [6, 6.07) is 14.4. The summed E-state index contributed by atoms with van der Waals surface area (Å²) >= 11 is 0. The van der Waals surface area contributed by atoms with Gasteiger partial charge in [0.25, 0.3) is 5.91 Å². The smallest absolute Gasteiger partial charge is 0.338 e. The lowest BCUT2D eigenvalue weighted by Gasteiger charge is -2.25. The molecule has 1 amide bonds. The first kappa shape index (κ1) is 34.0. The van der Waals surface area contributed by atoms with Crippen LogP contribution in [0.5, 0.6) is 0 Å². The molecule has 0 aliphatic rings. The van der Waals surface area contributed by atoms with Gasteiger partial charge in [0.15, 0.2) is 0 Å². The van der Waals surface area contributed by atoms with Crippen LogP contribution in [0.15, 0.2) is 77.5 Å². The molecular weight excluding hydrogens is 590 g/mol. The first-order chi connectivity index (χ1) is 22.2. The summed E-state index contributed by atoms with van der Waals surface area (Å²) < 4.78 is 39.3. The fraction of sp³-hybridized carbons (Fsp3) is 0.306. The normalized spacial score (nSPS) is 12.3. The van der Waals surface area contributed by atoms with E-state index in [0.29, 0.717) is 30.8 Å². The SMILES string of the molecule is C#Cc1cccc(CNC[C@@H](OC(=O)c2cc(C(=O)N(CCC)CCC)cc(-c3ncco3)c2)[C@@H](N)Cc2cc(F)cc(F)c2)c1. The number of halogens is 2. The molecule has 3 aromatic carbocycles. The number of rotatable bonds is 15. The van der Waals surface area contributed by atoms with Crippen LogP contribution in [0, 0.1) is 24.0 Å². The van der Waals surface area contributed by atoms with Gasteiger partial charge in [-0.1, -0.05) is 31.9 Å². The third-order valence-corrected chi connectivity index (χ3v) is 7.27. The molecule has 1 heterocycles. The average Bonchev–Trinajstić information content (AvgIpc) is 3.58. The molecule has 0 spiro atoms. The van der Waals surface area contributed by atoms with E-state index in [1.54, 1.807) is 11.0 Å². The van der Waals surface area contributed by atoms with Crippen LogP contribution in [0.1, 0.15) is 64.1 Å². The number of ether oxygens (including phenoxy) is 1. The van der Waals surface area contributed by atoms with Crippen LogP contribution in [0.4, 0.5) is 8.78 Å².